The highest BCUT2D eigenvalue weighted by Gasteiger charge is 2.21. The zero-order valence-electron chi connectivity index (χ0n) is 9.17. The Morgan fingerprint density at radius 1 is 1.36 bits per heavy atom. The van der Waals surface area contributed by atoms with Gasteiger partial charge in [0, 0.05) is 6.04 Å². The van der Waals surface area contributed by atoms with E-state index in [9.17, 15) is 5.11 Å². The number of nitrogens with one attached hydrogen (secondary N) is 1. The minimum Gasteiger partial charge on any atom is -0.392 e. The third-order valence-corrected chi connectivity index (χ3v) is 3.79. The molecule has 1 aliphatic rings. The van der Waals surface area contributed by atoms with Gasteiger partial charge in [0.2, 0.25) is 0 Å². The van der Waals surface area contributed by atoms with Crippen molar-refractivity contribution in [1.82, 2.24) is 5.32 Å². The van der Waals surface area contributed by atoms with Crippen molar-refractivity contribution >= 4 is 11.8 Å². The normalized spacial score (nSPS) is 27.9. The molecule has 2 nitrogen and oxygen atoms in total. The van der Waals surface area contributed by atoms with Gasteiger partial charge in [-0.15, -0.1) is 0 Å². The average molecular weight is 217 g/mol. The summed E-state index contributed by atoms with van der Waals surface area (Å²) >= 11 is 1.99. The van der Waals surface area contributed by atoms with Gasteiger partial charge in [-0.3, -0.25) is 0 Å². The molecule has 0 saturated heterocycles. The molecule has 1 fully saturated rings. The molecule has 84 valence electrons. The maximum atomic E-state index is 9.70. The summed E-state index contributed by atoms with van der Waals surface area (Å²) in [5, 5.41) is 13.2. The van der Waals surface area contributed by atoms with E-state index >= 15 is 0 Å². The highest BCUT2D eigenvalue weighted by Crippen LogP contribution is 2.18. The van der Waals surface area contributed by atoms with E-state index in [2.05, 4.69) is 12.2 Å². The summed E-state index contributed by atoms with van der Waals surface area (Å²) in [5.41, 5.74) is 0. The van der Waals surface area contributed by atoms with Gasteiger partial charge < -0.3 is 10.4 Å². The zero-order chi connectivity index (χ0) is 10.2. The second-order valence-corrected chi connectivity index (χ2v) is 5.36. The van der Waals surface area contributed by atoms with Crippen molar-refractivity contribution in [3.05, 3.63) is 0 Å². The van der Waals surface area contributed by atoms with Crippen LogP contribution in [0.25, 0.3) is 0 Å². The summed E-state index contributed by atoms with van der Waals surface area (Å²) in [5.74, 6) is 2.46. The summed E-state index contributed by atoms with van der Waals surface area (Å²) in [6.45, 7) is 3.26. The van der Waals surface area contributed by atoms with Crippen LogP contribution in [0.15, 0.2) is 0 Å². The lowest BCUT2D eigenvalue weighted by molar-refractivity contribution is 0.0913. The summed E-state index contributed by atoms with van der Waals surface area (Å²) in [6, 6.07) is 0.371. The lowest BCUT2D eigenvalue weighted by Crippen LogP contribution is -2.42. The molecule has 0 aromatic heterocycles. The topological polar surface area (TPSA) is 32.3 Å². The fraction of sp³-hybridized carbons (Fsp3) is 1.00. The van der Waals surface area contributed by atoms with E-state index in [0.29, 0.717) is 6.04 Å². The van der Waals surface area contributed by atoms with Crippen LogP contribution in [-0.2, 0) is 0 Å². The van der Waals surface area contributed by atoms with Crippen LogP contribution in [0.4, 0.5) is 0 Å². The highest BCUT2D eigenvalue weighted by molar-refractivity contribution is 7.99. The van der Waals surface area contributed by atoms with Crippen LogP contribution in [0.2, 0.25) is 0 Å². The number of aliphatic hydroxyl groups excluding tert-OH is 1. The van der Waals surface area contributed by atoms with Crippen LogP contribution in [0, 0.1) is 0 Å². The molecule has 0 amide bonds. The minimum absolute atomic E-state index is 0.0948. The largest absolute Gasteiger partial charge is 0.392 e. The molecular weight excluding hydrogens is 194 g/mol. The van der Waals surface area contributed by atoms with Crippen LogP contribution in [-0.4, -0.2) is 35.3 Å². The number of hydrogen-bond donors (Lipinski definition) is 2. The van der Waals surface area contributed by atoms with Crippen molar-refractivity contribution in [3.63, 3.8) is 0 Å². The summed E-state index contributed by atoms with van der Waals surface area (Å²) < 4.78 is 0. The Bertz CT molecular complexity index is 143. The van der Waals surface area contributed by atoms with Gasteiger partial charge in [-0.1, -0.05) is 19.8 Å². The lowest BCUT2D eigenvalue weighted by Gasteiger charge is -2.28. The van der Waals surface area contributed by atoms with Crippen molar-refractivity contribution in [3.8, 4) is 0 Å². The van der Waals surface area contributed by atoms with E-state index in [4.69, 9.17) is 0 Å². The van der Waals surface area contributed by atoms with E-state index in [-0.39, 0.29) is 6.10 Å². The molecule has 1 saturated carbocycles. The van der Waals surface area contributed by atoms with Gasteiger partial charge in [0.05, 0.1) is 6.10 Å². The van der Waals surface area contributed by atoms with E-state index in [1.807, 2.05) is 11.8 Å². The maximum Gasteiger partial charge on any atom is 0.0693 e. The van der Waals surface area contributed by atoms with Crippen molar-refractivity contribution in [2.24, 2.45) is 0 Å². The van der Waals surface area contributed by atoms with Gasteiger partial charge >= 0.3 is 0 Å². The van der Waals surface area contributed by atoms with Gasteiger partial charge in [-0.05, 0) is 37.3 Å². The van der Waals surface area contributed by atoms with Crippen LogP contribution in [0.5, 0.6) is 0 Å². The fourth-order valence-electron chi connectivity index (χ4n) is 1.96. The molecule has 0 aromatic carbocycles. The quantitative estimate of drug-likeness (QED) is 0.668. The molecule has 2 unspecified atom stereocenters. The smallest absolute Gasteiger partial charge is 0.0693 e. The molecule has 2 N–H and O–H groups in total. The van der Waals surface area contributed by atoms with Crippen LogP contribution in [0.1, 0.15) is 39.0 Å². The zero-order valence-corrected chi connectivity index (χ0v) is 9.98. The number of thioether (sulfide) groups is 1. The average Bonchev–Trinajstić information content (AvgIpc) is 2.20. The van der Waals surface area contributed by atoms with Gasteiger partial charge in [-0.25, -0.2) is 0 Å². The molecule has 1 rings (SSSR count). The first kappa shape index (κ1) is 12.3. The van der Waals surface area contributed by atoms with Gasteiger partial charge in [0.15, 0.2) is 0 Å². The van der Waals surface area contributed by atoms with Crippen molar-refractivity contribution in [1.29, 1.82) is 0 Å². The highest BCUT2D eigenvalue weighted by atomic mass is 32.2. The molecule has 0 bridgehead atoms. The van der Waals surface area contributed by atoms with Crippen LogP contribution < -0.4 is 5.32 Å². The number of rotatable bonds is 6. The maximum absolute atomic E-state index is 9.70. The predicted molar refractivity (Wildman–Crippen MR) is 63.9 cm³/mol. The van der Waals surface area contributed by atoms with E-state index in [0.717, 1.165) is 19.4 Å². The number of aliphatic hydroxyl groups is 1. The van der Waals surface area contributed by atoms with E-state index in [1.54, 1.807) is 0 Å². The monoisotopic (exact) mass is 217 g/mol. The van der Waals surface area contributed by atoms with Crippen LogP contribution >= 0.6 is 11.8 Å². The van der Waals surface area contributed by atoms with Gasteiger partial charge in [-0.2, -0.15) is 11.8 Å². The van der Waals surface area contributed by atoms with Gasteiger partial charge in [0.25, 0.3) is 0 Å². The Balaban J connectivity index is 1.99. The van der Waals surface area contributed by atoms with Crippen LogP contribution in [0.3, 0.4) is 0 Å². The first-order chi connectivity index (χ1) is 6.84. The Morgan fingerprint density at radius 2 is 2.14 bits per heavy atom. The Morgan fingerprint density at radius 3 is 2.86 bits per heavy atom. The molecule has 0 radical (unpaired) electrons. The van der Waals surface area contributed by atoms with Gasteiger partial charge in [0.1, 0.15) is 0 Å². The molecular formula is C11H23NOS. The second kappa shape index (κ2) is 7.55. The SMILES string of the molecule is CCSCCCNC1CCCCC1O. The third kappa shape index (κ3) is 4.67. The van der Waals surface area contributed by atoms with E-state index in [1.165, 1.54) is 30.8 Å². The Kier molecular flexibility index (Phi) is 6.65. The first-order valence-corrected chi connectivity index (χ1v) is 6.99. The standard InChI is InChI=1S/C11H23NOS/c1-2-14-9-5-8-12-10-6-3-4-7-11(10)13/h10-13H,2-9H2,1H3. The second-order valence-electron chi connectivity index (χ2n) is 3.96. The predicted octanol–water partition coefficient (Wildman–Crippen LogP) is 2.02. The molecule has 3 heteroatoms. The van der Waals surface area contributed by atoms with E-state index < -0.39 is 0 Å². The Labute approximate surface area is 91.9 Å². The molecule has 1 aliphatic carbocycles. The molecule has 0 spiro atoms. The first-order valence-electron chi connectivity index (χ1n) is 5.83. The summed E-state index contributed by atoms with van der Waals surface area (Å²) in [6.07, 6.45) is 5.75. The number of hydrogen-bond acceptors (Lipinski definition) is 3. The van der Waals surface area contributed by atoms with Crippen molar-refractivity contribution < 1.29 is 5.11 Å². The van der Waals surface area contributed by atoms with Crippen molar-refractivity contribution in [2.45, 2.75) is 51.2 Å². The van der Waals surface area contributed by atoms with Crippen molar-refractivity contribution in [2.75, 3.05) is 18.1 Å². The molecule has 2 atom stereocenters. The molecule has 14 heavy (non-hydrogen) atoms. The Hall–Kier alpha value is 0.270. The molecule has 0 aliphatic heterocycles. The summed E-state index contributed by atoms with van der Waals surface area (Å²) in [4.78, 5) is 0. The summed E-state index contributed by atoms with van der Waals surface area (Å²) in [7, 11) is 0. The molecule has 0 aromatic rings. The minimum atomic E-state index is -0.0948. The fourth-order valence-corrected chi connectivity index (χ4v) is 2.59. The lowest BCUT2D eigenvalue weighted by atomic mass is 9.92. The molecule has 0 heterocycles. The third-order valence-electron chi connectivity index (χ3n) is 2.81.